The summed E-state index contributed by atoms with van der Waals surface area (Å²) < 4.78 is 5.66. The number of halogens is 1. The van der Waals surface area contributed by atoms with Crippen molar-refractivity contribution in [1.82, 2.24) is 9.88 Å². The Bertz CT molecular complexity index is 1070. The van der Waals surface area contributed by atoms with Crippen LogP contribution >= 0.6 is 22.9 Å². The van der Waals surface area contributed by atoms with Gasteiger partial charge in [-0.3, -0.25) is 9.59 Å². The minimum absolute atomic E-state index is 0.0927. The number of thiazole rings is 1. The lowest BCUT2D eigenvalue weighted by Crippen LogP contribution is -2.22. The molecule has 2 aromatic carbocycles. The molecule has 0 spiro atoms. The average Bonchev–Trinajstić information content (AvgIpc) is 3.17. The molecule has 30 heavy (non-hydrogen) atoms. The van der Waals surface area contributed by atoms with Crippen LogP contribution < -0.4 is 10.1 Å². The summed E-state index contributed by atoms with van der Waals surface area (Å²) in [5.74, 6) is 0.333. The number of nitrogens with zero attached hydrogens (tertiary/aromatic N) is 2. The molecule has 0 aliphatic carbocycles. The molecule has 2 amide bonds. The number of hydrogen-bond acceptors (Lipinski definition) is 5. The first-order valence-corrected chi connectivity index (χ1v) is 10.6. The first-order chi connectivity index (χ1) is 14.4. The maximum Gasteiger partial charge on any atom is 0.253 e. The second-order valence-corrected chi connectivity index (χ2v) is 7.96. The van der Waals surface area contributed by atoms with Crippen molar-refractivity contribution in [2.45, 2.75) is 13.3 Å². The Balaban J connectivity index is 1.73. The monoisotopic (exact) mass is 443 g/mol. The van der Waals surface area contributed by atoms with Crippen LogP contribution in [0, 0.1) is 0 Å². The first kappa shape index (κ1) is 21.8. The molecule has 156 valence electrons. The normalized spacial score (nSPS) is 10.5. The number of rotatable bonds is 7. The molecule has 0 fully saturated rings. The van der Waals surface area contributed by atoms with Crippen molar-refractivity contribution in [3.8, 4) is 16.3 Å². The van der Waals surface area contributed by atoms with E-state index in [4.69, 9.17) is 16.3 Å². The molecule has 1 heterocycles. The van der Waals surface area contributed by atoms with Crippen molar-refractivity contribution in [3.05, 3.63) is 64.1 Å². The van der Waals surface area contributed by atoms with E-state index in [1.165, 1.54) is 16.2 Å². The lowest BCUT2D eigenvalue weighted by molar-refractivity contribution is -0.115. The highest BCUT2D eigenvalue weighted by Gasteiger charge is 2.15. The summed E-state index contributed by atoms with van der Waals surface area (Å²) in [6.45, 7) is 2.49. The SMILES string of the molecule is CCOc1ccccc1-c1nc(CC(=O)Nc2cc(C(=O)N(C)C)ccc2Cl)cs1. The highest BCUT2D eigenvalue weighted by molar-refractivity contribution is 7.13. The number of nitrogens with one attached hydrogen (secondary N) is 1. The molecule has 0 saturated heterocycles. The van der Waals surface area contributed by atoms with E-state index in [9.17, 15) is 9.59 Å². The third kappa shape index (κ3) is 5.17. The summed E-state index contributed by atoms with van der Waals surface area (Å²) in [4.78, 5) is 30.7. The molecule has 6 nitrogen and oxygen atoms in total. The van der Waals surface area contributed by atoms with Crippen LogP contribution in [0.1, 0.15) is 23.0 Å². The zero-order chi connectivity index (χ0) is 21.7. The predicted molar refractivity (Wildman–Crippen MR) is 121 cm³/mol. The molecule has 0 saturated carbocycles. The number of para-hydroxylation sites is 1. The van der Waals surface area contributed by atoms with Crippen molar-refractivity contribution < 1.29 is 14.3 Å². The molecule has 8 heteroatoms. The van der Waals surface area contributed by atoms with E-state index in [1.54, 1.807) is 32.3 Å². The van der Waals surface area contributed by atoms with E-state index in [1.807, 2.05) is 36.6 Å². The van der Waals surface area contributed by atoms with Crippen molar-refractivity contribution >= 4 is 40.4 Å². The maximum atomic E-state index is 12.5. The molecule has 0 aliphatic rings. The van der Waals surface area contributed by atoms with Gasteiger partial charge in [0, 0.05) is 25.0 Å². The number of benzene rings is 2. The molecular weight excluding hydrogens is 422 g/mol. The van der Waals surface area contributed by atoms with Gasteiger partial charge in [-0.1, -0.05) is 23.7 Å². The number of amides is 2. The van der Waals surface area contributed by atoms with Crippen molar-refractivity contribution in [3.63, 3.8) is 0 Å². The Hall–Kier alpha value is -2.90. The van der Waals surface area contributed by atoms with Crippen LogP contribution in [0.2, 0.25) is 5.02 Å². The molecule has 0 bridgehead atoms. The fourth-order valence-corrected chi connectivity index (χ4v) is 3.82. The van der Waals surface area contributed by atoms with Gasteiger partial charge in [-0.15, -0.1) is 11.3 Å². The van der Waals surface area contributed by atoms with Gasteiger partial charge < -0.3 is 15.0 Å². The first-order valence-electron chi connectivity index (χ1n) is 9.36. The molecule has 3 rings (SSSR count). The van der Waals surface area contributed by atoms with Crippen LogP contribution in [0.15, 0.2) is 47.8 Å². The van der Waals surface area contributed by atoms with E-state index in [-0.39, 0.29) is 18.2 Å². The molecule has 3 aromatic rings. The van der Waals surface area contributed by atoms with E-state index >= 15 is 0 Å². The highest BCUT2D eigenvalue weighted by Crippen LogP contribution is 2.32. The third-order valence-electron chi connectivity index (χ3n) is 4.20. The van der Waals surface area contributed by atoms with Gasteiger partial charge in [-0.05, 0) is 37.3 Å². The van der Waals surface area contributed by atoms with Crippen LogP contribution in [0.5, 0.6) is 5.75 Å². The summed E-state index contributed by atoms with van der Waals surface area (Å²) in [6.07, 6.45) is 0.0927. The molecule has 0 unspecified atom stereocenters. The smallest absolute Gasteiger partial charge is 0.253 e. The van der Waals surface area contributed by atoms with Crippen LogP contribution in [0.4, 0.5) is 5.69 Å². The fourth-order valence-electron chi connectivity index (χ4n) is 2.81. The minimum Gasteiger partial charge on any atom is -0.493 e. The van der Waals surface area contributed by atoms with Gasteiger partial charge in [0.15, 0.2) is 0 Å². The van der Waals surface area contributed by atoms with Crippen LogP contribution in [-0.4, -0.2) is 42.4 Å². The number of carbonyl (C=O) groups excluding carboxylic acids is 2. The van der Waals surface area contributed by atoms with Crippen LogP contribution in [-0.2, 0) is 11.2 Å². The summed E-state index contributed by atoms with van der Waals surface area (Å²) in [5.41, 5.74) is 2.39. The van der Waals surface area contributed by atoms with Gasteiger partial charge in [0.2, 0.25) is 5.91 Å². The molecule has 0 aliphatic heterocycles. The molecule has 0 radical (unpaired) electrons. The molecule has 0 atom stereocenters. The number of carbonyl (C=O) groups is 2. The second-order valence-electron chi connectivity index (χ2n) is 6.69. The quantitative estimate of drug-likeness (QED) is 0.572. The van der Waals surface area contributed by atoms with E-state index < -0.39 is 0 Å². The van der Waals surface area contributed by atoms with E-state index in [0.29, 0.717) is 28.6 Å². The second kappa shape index (κ2) is 9.73. The van der Waals surface area contributed by atoms with Crippen LogP contribution in [0.3, 0.4) is 0 Å². The number of anilines is 1. The Kier molecular flexibility index (Phi) is 7.07. The van der Waals surface area contributed by atoms with E-state index in [0.717, 1.165) is 16.3 Å². The molecule has 1 aromatic heterocycles. The van der Waals surface area contributed by atoms with Gasteiger partial charge in [-0.2, -0.15) is 0 Å². The Morgan fingerprint density at radius 3 is 2.70 bits per heavy atom. The van der Waals surface area contributed by atoms with Crippen molar-refractivity contribution in [1.29, 1.82) is 0 Å². The van der Waals surface area contributed by atoms with Crippen molar-refractivity contribution in [2.75, 3.05) is 26.0 Å². The molecular formula is C22H22ClN3O3S. The molecule has 1 N–H and O–H groups in total. The lowest BCUT2D eigenvalue weighted by atomic mass is 10.1. The topological polar surface area (TPSA) is 71.5 Å². The Morgan fingerprint density at radius 1 is 1.20 bits per heavy atom. The zero-order valence-corrected chi connectivity index (χ0v) is 18.5. The predicted octanol–water partition coefficient (Wildman–Crippen LogP) is 4.75. The lowest BCUT2D eigenvalue weighted by Gasteiger charge is -2.12. The highest BCUT2D eigenvalue weighted by atomic mass is 35.5. The zero-order valence-electron chi connectivity index (χ0n) is 16.9. The van der Waals surface area contributed by atoms with Crippen molar-refractivity contribution in [2.24, 2.45) is 0 Å². The van der Waals surface area contributed by atoms with Gasteiger partial charge in [0.25, 0.3) is 5.91 Å². The average molecular weight is 444 g/mol. The third-order valence-corrected chi connectivity index (χ3v) is 5.46. The maximum absolute atomic E-state index is 12.5. The van der Waals surface area contributed by atoms with E-state index in [2.05, 4.69) is 10.3 Å². The summed E-state index contributed by atoms with van der Waals surface area (Å²) in [5, 5.41) is 5.78. The van der Waals surface area contributed by atoms with Crippen LogP contribution in [0.25, 0.3) is 10.6 Å². The van der Waals surface area contributed by atoms with Gasteiger partial charge >= 0.3 is 0 Å². The van der Waals surface area contributed by atoms with Gasteiger partial charge in [0.1, 0.15) is 10.8 Å². The summed E-state index contributed by atoms with van der Waals surface area (Å²) in [6, 6.07) is 12.5. The minimum atomic E-state index is -0.263. The summed E-state index contributed by atoms with van der Waals surface area (Å²) >= 11 is 7.65. The number of aromatic nitrogens is 1. The fraction of sp³-hybridized carbons (Fsp3) is 0.227. The number of ether oxygens (including phenoxy) is 1. The largest absolute Gasteiger partial charge is 0.493 e. The summed E-state index contributed by atoms with van der Waals surface area (Å²) in [7, 11) is 3.33. The standard InChI is InChI=1S/C22H22ClN3O3S/c1-4-29-19-8-6-5-7-16(19)21-24-15(13-30-21)12-20(27)25-18-11-14(9-10-17(18)23)22(28)26(2)3/h5-11,13H,4,12H2,1-3H3,(H,25,27). The Morgan fingerprint density at radius 2 is 1.97 bits per heavy atom. The Labute approximate surface area is 184 Å². The van der Waals surface area contributed by atoms with Gasteiger partial charge in [-0.25, -0.2) is 4.98 Å². The van der Waals surface area contributed by atoms with Gasteiger partial charge in [0.05, 0.1) is 35.0 Å². The number of hydrogen-bond donors (Lipinski definition) is 1.